The molecule has 0 aliphatic heterocycles. The summed E-state index contributed by atoms with van der Waals surface area (Å²) in [7, 11) is -3.64. The molecule has 0 radical (unpaired) electrons. The number of aromatic nitrogens is 1. The lowest BCUT2D eigenvalue weighted by Gasteiger charge is -2.17. The molecule has 0 spiro atoms. The van der Waals surface area contributed by atoms with Crippen molar-refractivity contribution in [3.63, 3.8) is 0 Å². The Morgan fingerprint density at radius 2 is 2.11 bits per heavy atom. The zero-order valence-corrected chi connectivity index (χ0v) is 11.7. The van der Waals surface area contributed by atoms with Gasteiger partial charge in [0.1, 0.15) is 6.04 Å². The monoisotopic (exact) mass is 286 g/mol. The second-order valence-electron chi connectivity index (χ2n) is 4.57. The Kier molecular flexibility index (Phi) is 5.44. The van der Waals surface area contributed by atoms with Crippen LogP contribution in [-0.2, 0) is 21.2 Å². The SMILES string of the molecule is CC(C)C(NS(=O)(=O)CCc1ccccn1)C(=O)O. The molecule has 1 atom stereocenters. The van der Waals surface area contributed by atoms with Gasteiger partial charge in [-0.05, 0) is 18.1 Å². The van der Waals surface area contributed by atoms with Gasteiger partial charge in [-0.3, -0.25) is 9.78 Å². The van der Waals surface area contributed by atoms with Crippen LogP contribution >= 0.6 is 0 Å². The van der Waals surface area contributed by atoms with Crippen LogP contribution in [0.25, 0.3) is 0 Å². The van der Waals surface area contributed by atoms with E-state index in [1.165, 1.54) is 0 Å². The molecule has 0 saturated heterocycles. The minimum absolute atomic E-state index is 0.180. The van der Waals surface area contributed by atoms with Gasteiger partial charge >= 0.3 is 5.97 Å². The Morgan fingerprint density at radius 3 is 2.58 bits per heavy atom. The fourth-order valence-corrected chi connectivity index (χ4v) is 2.86. The van der Waals surface area contributed by atoms with Crippen LogP contribution in [0.5, 0.6) is 0 Å². The molecule has 1 aromatic rings. The van der Waals surface area contributed by atoms with Crippen LogP contribution in [0.4, 0.5) is 0 Å². The van der Waals surface area contributed by atoms with Crippen molar-refractivity contribution in [3.8, 4) is 0 Å². The molecule has 0 aromatic carbocycles. The minimum atomic E-state index is -3.64. The molecule has 1 heterocycles. The van der Waals surface area contributed by atoms with Gasteiger partial charge in [-0.1, -0.05) is 19.9 Å². The predicted octanol–water partition coefficient (Wildman–Crippen LogP) is 0.653. The molecule has 1 rings (SSSR count). The third kappa shape index (κ3) is 5.35. The first-order chi connectivity index (χ1) is 8.82. The van der Waals surface area contributed by atoms with Crippen LogP contribution in [0.2, 0.25) is 0 Å². The lowest BCUT2D eigenvalue weighted by atomic mass is 10.1. The van der Waals surface area contributed by atoms with E-state index in [0.29, 0.717) is 5.69 Å². The number of carboxylic acid groups (broad SMARTS) is 1. The third-order valence-corrected chi connectivity index (χ3v) is 3.95. The van der Waals surface area contributed by atoms with Crippen molar-refractivity contribution in [3.05, 3.63) is 30.1 Å². The summed E-state index contributed by atoms with van der Waals surface area (Å²) in [5.74, 6) is -1.67. The van der Waals surface area contributed by atoms with Crippen molar-refractivity contribution in [2.24, 2.45) is 5.92 Å². The van der Waals surface area contributed by atoms with Crippen LogP contribution in [0, 0.1) is 5.92 Å². The summed E-state index contributed by atoms with van der Waals surface area (Å²) in [6.45, 7) is 3.31. The van der Waals surface area contributed by atoms with E-state index in [-0.39, 0.29) is 18.1 Å². The molecule has 0 aliphatic rings. The standard InChI is InChI=1S/C12H18N2O4S/c1-9(2)11(12(15)16)14-19(17,18)8-6-10-5-3-4-7-13-10/h3-5,7,9,11,14H,6,8H2,1-2H3,(H,15,16). The van der Waals surface area contributed by atoms with Gasteiger partial charge < -0.3 is 5.11 Å². The highest BCUT2D eigenvalue weighted by molar-refractivity contribution is 7.89. The molecule has 1 aromatic heterocycles. The van der Waals surface area contributed by atoms with Crippen LogP contribution < -0.4 is 4.72 Å². The summed E-state index contributed by atoms with van der Waals surface area (Å²) >= 11 is 0. The van der Waals surface area contributed by atoms with Gasteiger partial charge in [0.2, 0.25) is 10.0 Å². The first kappa shape index (κ1) is 15.6. The van der Waals surface area contributed by atoms with E-state index < -0.39 is 22.0 Å². The molecule has 0 saturated carbocycles. The van der Waals surface area contributed by atoms with Crippen molar-refractivity contribution in [2.75, 3.05) is 5.75 Å². The molecular weight excluding hydrogens is 268 g/mol. The van der Waals surface area contributed by atoms with Gasteiger partial charge in [-0.2, -0.15) is 0 Å². The Hall–Kier alpha value is -1.47. The van der Waals surface area contributed by atoms with Gasteiger partial charge in [0, 0.05) is 18.3 Å². The smallest absolute Gasteiger partial charge is 0.321 e. The first-order valence-corrected chi connectivity index (χ1v) is 7.60. The van der Waals surface area contributed by atoms with Gasteiger partial charge in [0.05, 0.1) is 5.75 Å². The lowest BCUT2D eigenvalue weighted by molar-refractivity contribution is -0.140. The number of nitrogens with one attached hydrogen (secondary N) is 1. The summed E-state index contributed by atoms with van der Waals surface area (Å²) in [5.41, 5.74) is 0.657. The summed E-state index contributed by atoms with van der Waals surface area (Å²) in [4.78, 5) is 15.0. The van der Waals surface area contributed by atoms with Crippen molar-refractivity contribution in [1.29, 1.82) is 0 Å². The van der Waals surface area contributed by atoms with Gasteiger partial charge in [-0.15, -0.1) is 0 Å². The zero-order valence-electron chi connectivity index (χ0n) is 10.9. The molecule has 106 valence electrons. The van der Waals surface area contributed by atoms with Crippen molar-refractivity contribution in [1.82, 2.24) is 9.71 Å². The third-order valence-electron chi connectivity index (χ3n) is 2.59. The van der Waals surface area contributed by atoms with E-state index in [2.05, 4.69) is 9.71 Å². The summed E-state index contributed by atoms with van der Waals surface area (Å²) in [5, 5.41) is 8.95. The Balaban J connectivity index is 2.64. The lowest BCUT2D eigenvalue weighted by Crippen LogP contribution is -2.45. The fourth-order valence-electron chi connectivity index (χ4n) is 1.51. The number of aryl methyl sites for hydroxylation is 1. The first-order valence-electron chi connectivity index (χ1n) is 5.94. The average molecular weight is 286 g/mol. The van der Waals surface area contributed by atoms with Crippen molar-refractivity contribution in [2.45, 2.75) is 26.3 Å². The predicted molar refractivity (Wildman–Crippen MR) is 71.1 cm³/mol. The minimum Gasteiger partial charge on any atom is -0.480 e. The van der Waals surface area contributed by atoms with Crippen LogP contribution in [-0.4, -0.2) is 36.3 Å². The number of hydrogen-bond donors (Lipinski definition) is 2. The molecule has 0 aliphatic carbocycles. The highest BCUT2D eigenvalue weighted by Crippen LogP contribution is 2.05. The number of nitrogens with zero attached hydrogens (tertiary/aromatic N) is 1. The van der Waals surface area contributed by atoms with Crippen LogP contribution in [0.1, 0.15) is 19.5 Å². The zero-order chi connectivity index (χ0) is 14.5. The topological polar surface area (TPSA) is 96.4 Å². The molecule has 0 amide bonds. The molecule has 1 unspecified atom stereocenters. The van der Waals surface area contributed by atoms with Crippen LogP contribution in [0.15, 0.2) is 24.4 Å². The molecule has 7 heteroatoms. The molecule has 2 N–H and O–H groups in total. The maximum absolute atomic E-state index is 11.8. The maximum atomic E-state index is 11.8. The second-order valence-corrected chi connectivity index (χ2v) is 6.44. The van der Waals surface area contributed by atoms with Crippen molar-refractivity contribution < 1.29 is 18.3 Å². The Bertz CT molecular complexity index is 514. The second kappa shape index (κ2) is 6.63. The summed E-state index contributed by atoms with van der Waals surface area (Å²) in [6.07, 6.45) is 1.84. The maximum Gasteiger partial charge on any atom is 0.321 e. The van der Waals surface area contributed by atoms with E-state index in [9.17, 15) is 13.2 Å². The highest BCUT2D eigenvalue weighted by Gasteiger charge is 2.26. The molecule has 0 bridgehead atoms. The Labute approximate surface area is 112 Å². The highest BCUT2D eigenvalue weighted by atomic mass is 32.2. The number of carboxylic acids is 1. The largest absolute Gasteiger partial charge is 0.480 e. The Morgan fingerprint density at radius 1 is 1.42 bits per heavy atom. The number of carbonyl (C=O) groups is 1. The van der Waals surface area contributed by atoms with E-state index in [4.69, 9.17) is 5.11 Å². The number of aliphatic carboxylic acids is 1. The molecule has 6 nitrogen and oxygen atoms in total. The molecule has 19 heavy (non-hydrogen) atoms. The normalized spacial score (nSPS) is 13.4. The average Bonchev–Trinajstić information content (AvgIpc) is 2.34. The number of sulfonamides is 1. The van der Waals surface area contributed by atoms with Crippen LogP contribution in [0.3, 0.4) is 0 Å². The van der Waals surface area contributed by atoms with E-state index >= 15 is 0 Å². The van der Waals surface area contributed by atoms with Gasteiger partial charge in [0.15, 0.2) is 0 Å². The number of rotatable bonds is 7. The van der Waals surface area contributed by atoms with Gasteiger partial charge in [0.25, 0.3) is 0 Å². The van der Waals surface area contributed by atoms with E-state index in [0.717, 1.165) is 0 Å². The number of pyridine rings is 1. The van der Waals surface area contributed by atoms with E-state index in [1.807, 2.05) is 0 Å². The molecular formula is C12H18N2O4S. The molecule has 0 fully saturated rings. The van der Waals surface area contributed by atoms with Crippen molar-refractivity contribution >= 4 is 16.0 Å². The quantitative estimate of drug-likeness (QED) is 0.767. The fraction of sp³-hybridized carbons (Fsp3) is 0.500. The summed E-state index contributed by atoms with van der Waals surface area (Å²) in [6, 6.07) is 4.15. The summed E-state index contributed by atoms with van der Waals surface area (Å²) < 4.78 is 25.8. The van der Waals surface area contributed by atoms with E-state index in [1.54, 1.807) is 38.2 Å². The number of hydrogen-bond acceptors (Lipinski definition) is 4. The van der Waals surface area contributed by atoms with Gasteiger partial charge in [-0.25, -0.2) is 13.1 Å².